The Morgan fingerprint density at radius 3 is 2.44 bits per heavy atom. The largest absolute Gasteiger partial charge is 0.465 e. The molecular weight excluding hydrogens is 364 g/mol. The van der Waals surface area contributed by atoms with Gasteiger partial charge in [-0.3, -0.25) is 0 Å². The van der Waals surface area contributed by atoms with Gasteiger partial charge in [0.2, 0.25) is 11.8 Å². The van der Waals surface area contributed by atoms with Crippen molar-refractivity contribution < 1.29 is 18.4 Å². The molecule has 5 rings (SSSR count). The van der Waals surface area contributed by atoms with Crippen LogP contribution in [0.4, 0.5) is 0 Å². The molecule has 0 spiro atoms. The summed E-state index contributed by atoms with van der Waals surface area (Å²) in [5.41, 5.74) is 3.33. The van der Waals surface area contributed by atoms with Gasteiger partial charge < -0.3 is 13.6 Å². The van der Waals surface area contributed by atoms with E-state index >= 15 is 0 Å². The highest BCUT2D eigenvalue weighted by Crippen LogP contribution is 2.34. The minimum absolute atomic E-state index is 0.358. The lowest BCUT2D eigenvalue weighted by atomic mass is 10.2. The number of aromatic nitrogens is 2. The lowest BCUT2D eigenvalue weighted by Crippen LogP contribution is -2.01. The van der Waals surface area contributed by atoms with E-state index in [0.29, 0.717) is 45.1 Å². The van der Waals surface area contributed by atoms with Gasteiger partial charge in [-0.25, -0.2) is 14.8 Å². The summed E-state index contributed by atoms with van der Waals surface area (Å²) in [6.45, 7) is 0. The molecule has 0 unspecified atom stereocenters. The Hall–Kier alpha value is -3.45. The number of fused-ring (bicyclic) bond motifs is 2. The number of thiophene rings is 1. The quantitative estimate of drug-likeness (QED) is 0.405. The zero-order chi connectivity index (χ0) is 18.4. The van der Waals surface area contributed by atoms with E-state index < -0.39 is 5.97 Å². The monoisotopic (exact) mass is 376 g/mol. The van der Waals surface area contributed by atoms with Crippen molar-refractivity contribution in [2.45, 2.75) is 0 Å². The summed E-state index contributed by atoms with van der Waals surface area (Å²) in [7, 11) is 1.34. The second-order valence-electron chi connectivity index (χ2n) is 5.81. The van der Waals surface area contributed by atoms with E-state index in [1.807, 2.05) is 35.7 Å². The van der Waals surface area contributed by atoms with Crippen LogP contribution in [0.25, 0.3) is 44.4 Å². The van der Waals surface area contributed by atoms with E-state index in [0.717, 1.165) is 4.88 Å². The van der Waals surface area contributed by atoms with Gasteiger partial charge >= 0.3 is 5.97 Å². The third kappa shape index (κ3) is 2.51. The van der Waals surface area contributed by atoms with Crippen LogP contribution in [0.5, 0.6) is 0 Å². The van der Waals surface area contributed by atoms with Crippen molar-refractivity contribution in [1.29, 1.82) is 0 Å². The van der Waals surface area contributed by atoms with Crippen molar-refractivity contribution in [3.05, 3.63) is 59.5 Å². The first-order valence-corrected chi connectivity index (χ1v) is 9.04. The van der Waals surface area contributed by atoms with Gasteiger partial charge in [0, 0.05) is 0 Å². The van der Waals surface area contributed by atoms with Gasteiger partial charge in [0.05, 0.1) is 23.1 Å². The number of oxazole rings is 2. The molecule has 0 N–H and O–H groups in total. The molecule has 0 amide bonds. The van der Waals surface area contributed by atoms with Crippen molar-refractivity contribution >= 4 is 39.5 Å². The Kier molecular flexibility index (Phi) is 3.54. The van der Waals surface area contributed by atoms with Crippen LogP contribution in [-0.2, 0) is 4.74 Å². The SMILES string of the molecule is COC(=O)c1cccc2oc(-c3cccc4oc(-c5cccs5)nc34)nc12. The number of nitrogens with zero attached hydrogens (tertiary/aromatic N) is 2. The van der Waals surface area contributed by atoms with E-state index in [4.69, 9.17) is 13.6 Å². The topological polar surface area (TPSA) is 78.4 Å². The summed E-state index contributed by atoms with van der Waals surface area (Å²) in [6, 6.07) is 14.6. The molecule has 7 heteroatoms. The predicted octanol–water partition coefficient (Wildman–Crippen LogP) is 5.15. The van der Waals surface area contributed by atoms with Crippen molar-refractivity contribution in [2.24, 2.45) is 0 Å². The van der Waals surface area contributed by atoms with E-state index in [9.17, 15) is 4.79 Å². The number of para-hydroxylation sites is 2. The molecule has 3 heterocycles. The van der Waals surface area contributed by atoms with Crippen LogP contribution in [0.1, 0.15) is 10.4 Å². The summed E-state index contributed by atoms with van der Waals surface area (Å²) in [5.74, 6) is 0.469. The Labute approximate surface area is 157 Å². The molecule has 3 aromatic heterocycles. The lowest BCUT2D eigenvalue weighted by molar-refractivity contribution is 0.0602. The molecule has 0 aliphatic carbocycles. The third-order valence-electron chi connectivity index (χ3n) is 4.21. The number of rotatable bonds is 3. The number of carbonyl (C=O) groups is 1. The second kappa shape index (κ2) is 6.07. The molecule has 6 nitrogen and oxygen atoms in total. The molecular formula is C20H12N2O4S. The minimum atomic E-state index is -0.458. The van der Waals surface area contributed by atoms with Crippen molar-refractivity contribution in [1.82, 2.24) is 9.97 Å². The first kappa shape index (κ1) is 15.8. The number of hydrogen-bond donors (Lipinski definition) is 0. The molecule has 132 valence electrons. The average molecular weight is 376 g/mol. The standard InChI is InChI=1S/C20H12N2O4S/c1-24-20(23)12-6-3-8-14-17(12)21-18(25-14)11-5-2-7-13-16(11)22-19(26-13)15-9-4-10-27-15/h2-10H,1H3. The second-order valence-corrected chi connectivity index (χ2v) is 6.76. The molecule has 0 bridgehead atoms. The Morgan fingerprint density at radius 1 is 0.926 bits per heavy atom. The Morgan fingerprint density at radius 2 is 1.67 bits per heavy atom. The first-order valence-electron chi connectivity index (χ1n) is 8.16. The van der Waals surface area contributed by atoms with Crippen LogP contribution in [-0.4, -0.2) is 23.0 Å². The maximum Gasteiger partial charge on any atom is 0.340 e. The molecule has 5 aromatic rings. The summed E-state index contributed by atoms with van der Waals surface area (Å²) in [6.07, 6.45) is 0. The van der Waals surface area contributed by atoms with Crippen LogP contribution in [0.15, 0.2) is 62.7 Å². The van der Waals surface area contributed by atoms with Crippen molar-refractivity contribution in [3.63, 3.8) is 0 Å². The zero-order valence-electron chi connectivity index (χ0n) is 14.1. The highest BCUT2D eigenvalue weighted by Gasteiger charge is 2.20. The predicted molar refractivity (Wildman–Crippen MR) is 102 cm³/mol. The average Bonchev–Trinajstić information content (AvgIpc) is 3.44. The van der Waals surface area contributed by atoms with Crippen LogP contribution < -0.4 is 0 Å². The lowest BCUT2D eigenvalue weighted by Gasteiger charge is -1.97. The molecule has 0 fully saturated rings. The van der Waals surface area contributed by atoms with Crippen LogP contribution in [0.2, 0.25) is 0 Å². The number of ether oxygens (including phenoxy) is 1. The number of methoxy groups -OCH3 is 1. The minimum Gasteiger partial charge on any atom is -0.465 e. The molecule has 0 saturated carbocycles. The molecule has 0 saturated heterocycles. The molecule has 0 aliphatic heterocycles. The van der Waals surface area contributed by atoms with E-state index in [-0.39, 0.29) is 0 Å². The Balaban J connectivity index is 1.70. The van der Waals surface area contributed by atoms with Crippen LogP contribution in [0, 0.1) is 0 Å². The number of esters is 1. The normalized spacial score (nSPS) is 11.3. The van der Waals surface area contributed by atoms with Gasteiger partial charge in [0.25, 0.3) is 0 Å². The fraction of sp³-hybridized carbons (Fsp3) is 0.0500. The Bertz CT molecular complexity index is 1280. The van der Waals surface area contributed by atoms with E-state index in [2.05, 4.69) is 9.97 Å². The fourth-order valence-electron chi connectivity index (χ4n) is 2.97. The molecule has 2 aromatic carbocycles. The number of benzene rings is 2. The van der Waals surface area contributed by atoms with Gasteiger partial charge in [-0.15, -0.1) is 11.3 Å². The van der Waals surface area contributed by atoms with E-state index in [1.165, 1.54) is 7.11 Å². The number of hydrogen-bond acceptors (Lipinski definition) is 7. The fourth-order valence-corrected chi connectivity index (χ4v) is 3.61. The van der Waals surface area contributed by atoms with Crippen LogP contribution >= 0.6 is 11.3 Å². The summed E-state index contributed by atoms with van der Waals surface area (Å²) in [5, 5.41) is 1.97. The van der Waals surface area contributed by atoms with Gasteiger partial charge in [-0.2, -0.15) is 0 Å². The third-order valence-corrected chi connectivity index (χ3v) is 5.06. The zero-order valence-corrected chi connectivity index (χ0v) is 14.9. The van der Waals surface area contributed by atoms with Crippen molar-refractivity contribution in [3.8, 4) is 22.2 Å². The van der Waals surface area contributed by atoms with Gasteiger partial charge in [-0.05, 0) is 35.7 Å². The van der Waals surface area contributed by atoms with Crippen molar-refractivity contribution in [2.75, 3.05) is 7.11 Å². The van der Waals surface area contributed by atoms with Gasteiger partial charge in [-0.1, -0.05) is 18.2 Å². The molecule has 0 radical (unpaired) electrons. The summed E-state index contributed by atoms with van der Waals surface area (Å²) in [4.78, 5) is 22.1. The maximum absolute atomic E-state index is 12.0. The highest BCUT2D eigenvalue weighted by atomic mass is 32.1. The van der Waals surface area contributed by atoms with Crippen LogP contribution in [0.3, 0.4) is 0 Å². The number of carbonyl (C=O) groups excluding carboxylic acids is 1. The molecule has 27 heavy (non-hydrogen) atoms. The summed E-state index contributed by atoms with van der Waals surface area (Å²) < 4.78 is 16.6. The maximum atomic E-state index is 12.0. The van der Waals surface area contributed by atoms with Gasteiger partial charge in [0.1, 0.15) is 11.0 Å². The summed E-state index contributed by atoms with van der Waals surface area (Å²) >= 11 is 1.56. The highest BCUT2D eigenvalue weighted by molar-refractivity contribution is 7.13. The first-order chi connectivity index (χ1) is 13.2. The molecule has 0 atom stereocenters. The smallest absolute Gasteiger partial charge is 0.340 e. The van der Waals surface area contributed by atoms with Gasteiger partial charge in [0.15, 0.2) is 11.2 Å². The van der Waals surface area contributed by atoms with E-state index in [1.54, 1.807) is 29.5 Å². The molecule has 0 aliphatic rings.